The second kappa shape index (κ2) is 10.6. The molecule has 0 aliphatic heterocycles. The second-order valence-electron chi connectivity index (χ2n) is 7.30. The SMILES string of the molecule is Cc1csc(COc2ccc(C(=O)NCc3ccc(OCc4ccccc4)cc3)cc2)n1. The number of nitrogens with zero attached hydrogens (tertiary/aromatic N) is 1. The van der Waals surface area contributed by atoms with Gasteiger partial charge >= 0.3 is 0 Å². The summed E-state index contributed by atoms with van der Waals surface area (Å²) >= 11 is 1.58. The molecule has 1 N–H and O–H groups in total. The molecule has 0 aliphatic carbocycles. The van der Waals surface area contributed by atoms with Crippen LogP contribution in [0.25, 0.3) is 0 Å². The first-order valence-corrected chi connectivity index (χ1v) is 11.2. The number of thiazole rings is 1. The molecule has 0 fully saturated rings. The first-order valence-electron chi connectivity index (χ1n) is 10.3. The van der Waals surface area contributed by atoms with Crippen LogP contribution >= 0.6 is 11.3 Å². The van der Waals surface area contributed by atoms with E-state index in [1.807, 2.05) is 66.9 Å². The van der Waals surface area contributed by atoms with E-state index in [-0.39, 0.29) is 5.91 Å². The molecule has 162 valence electrons. The molecule has 5 nitrogen and oxygen atoms in total. The van der Waals surface area contributed by atoms with Gasteiger partial charge in [0.15, 0.2) is 0 Å². The van der Waals surface area contributed by atoms with Crippen molar-refractivity contribution in [2.24, 2.45) is 0 Å². The Labute approximate surface area is 191 Å². The van der Waals surface area contributed by atoms with Crippen molar-refractivity contribution in [3.63, 3.8) is 0 Å². The van der Waals surface area contributed by atoms with Crippen molar-refractivity contribution in [1.29, 1.82) is 0 Å². The van der Waals surface area contributed by atoms with Crippen LogP contribution in [0.1, 0.15) is 32.2 Å². The molecule has 0 radical (unpaired) electrons. The monoisotopic (exact) mass is 444 g/mol. The number of aromatic nitrogens is 1. The molecule has 0 unspecified atom stereocenters. The summed E-state index contributed by atoms with van der Waals surface area (Å²) < 4.78 is 11.5. The molecule has 0 spiro atoms. The second-order valence-corrected chi connectivity index (χ2v) is 8.24. The van der Waals surface area contributed by atoms with E-state index in [9.17, 15) is 4.79 Å². The van der Waals surface area contributed by atoms with Crippen LogP contribution in [0.4, 0.5) is 0 Å². The number of carbonyl (C=O) groups is 1. The first-order chi connectivity index (χ1) is 15.7. The summed E-state index contributed by atoms with van der Waals surface area (Å²) in [5.74, 6) is 1.38. The normalized spacial score (nSPS) is 10.5. The van der Waals surface area contributed by atoms with Gasteiger partial charge in [0.25, 0.3) is 5.91 Å². The molecule has 0 saturated carbocycles. The average molecular weight is 445 g/mol. The molecule has 4 rings (SSSR count). The van der Waals surface area contributed by atoms with Gasteiger partial charge in [0, 0.05) is 23.2 Å². The fourth-order valence-corrected chi connectivity index (χ4v) is 3.73. The standard InChI is InChI=1S/C26H24N2O3S/c1-19-18-32-25(28-19)17-31-24-13-9-22(10-14-24)26(29)27-15-20-7-11-23(12-8-20)30-16-21-5-3-2-4-6-21/h2-14,18H,15-17H2,1H3,(H,27,29). The minimum atomic E-state index is -0.128. The quantitative estimate of drug-likeness (QED) is 0.368. The number of nitrogens with one attached hydrogen (secondary N) is 1. The molecule has 32 heavy (non-hydrogen) atoms. The third-order valence-corrected chi connectivity index (χ3v) is 5.71. The fraction of sp³-hybridized carbons (Fsp3) is 0.154. The molecule has 3 aromatic carbocycles. The van der Waals surface area contributed by atoms with Gasteiger partial charge in [-0.05, 0) is 54.4 Å². The predicted molar refractivity (Wildman–Crippen MR) is 126 cm³/mol. The van der Waals surface area contributed by atoms with Crippen molar-refractivity contribution >= 4 is 17.2 Å². The molecule has 4 aromatic rings. The molecule has 0 bridgehead atoms. The number of carbonyl (C=O) groups excluding carboxylic acids is 1. The Morgan fingerprint density at radius 2 is 1.50 bits per heavy atom. The van der Waals surface area contributed by atoms with Crippen molar-refractivity contribution in [3.05, 3.63) is 112 Å². The highest BCUT2D eigenvalue weighted by Gasteiger charge is 2.07. The van der Waals surface area contributed by atoms with E-state index < -0.39 is 0 Å². The van der Waals surface area contributed by atoms with E-state index in [0.717, 1.165) is 27.6 Å². The lowest BCUT2D eigenvalue weighted by Crippen LogP contribution is -2.22. The zero-order valence-electron chi connectivity index (χ0n) is 17.8. The van der Waals surface area contributed by atoms with Crippen LogP contribution in [-0.4, -0.2) is 10.9 Å². The number of hydrogen-bond acceptors (Lipinski definition) is 5. The van der Waals surface area contributed by atoms with Crippen LogP contribution < -0.4 is 14.8 Å². The van der Waals surface area contributed by atoms with Crippen molar-refractivity contribution in [2.45, 2.75) is 26.7 Å². The van der Waals surface area contributed by atoms with E-state index in [1.54, 1.807) is 35.6 Å². The molecule has 1 heterocycles. The maximum Gasteiger partial charge on any atom is 0.251 e. The Balaban J connectivity index is 1.23. The summed E-state index contributed by atoms with van der Waals surface area (Å²) in [5.41, 5.74) is 3.71. The van der Waals surface area contributed by atoms with E-state index in [2.05, 4.69) is 10.3 Å². The Hall–Kier alpha value is -3.64. The molecule has 1 amide bonds. The van der Waals surface area contributed by atoms with Crippen LogP contribution in [0.2, 0.25) is 0 Å². The highest BCUT2D eigenvalue weighted by atomic mass is 32.1. The van der Waals surface area contributed by atoms with Crippen molar-refractivity contribution in [2.75, 3.05) is 0 Å². The summed E-state index contributed by atoms with van der Waals surface area (Å²) in [5, 5.41) is 5.87. The Kier molecular flexibility index (Phi) is 7.15. The number of benzene rings is 3. The van der Waals surface area contributed by atoms with Gasteiger partial charge in [-0.3, -0.25) is 4.79 Å². The van der Waals surface area contributed by atoms with Crippen LogP contribution in [0.3, 0.4) is 0 Å². The summed E-state index contributed by atoms with van der Waals surface area (Å²) in [6, 6.07) is 24.9. The lowest BCUT2D eigenvalue weighted by Gasteiger charge is -2.09. The number of hydrogen-bond donors (Lipinski definition) is 1. The van der Waals surface area contributed by atoms with Crippen LogP contribution in [0.5, 0.6) is 11.5 Å². The first kappa shape index (κ1) is 21.6. The van der Waals surface area contributed by atoms with E-state index in [0.29, 0.717) is 31.1 Å². The smallest absolute Gasteiger partial charge is 0.251 e. The summed E-state index contributed by atoms with van der Waals surface area (Å²) in [6.07, 6.45) is 0. The van der Waals surface area contributed by atoms with Gasteiger partial charge in [0.1, 0.15) is 29.7 Å². The predicted octanol–water partition coefficient (Wildman–Crippen LogP) is 5.54. The van der Waals surface area contributed by atoms with Crippen LogP contribution in [0, 0.1) is 6.92 Å². The van der Waals surface area contributed by atoms with Crippen molar-refractivity contribution in [3.8, 4) is 11.5 Å². The number of ether oxygens (including phenoxy) is 2. The molecular weight excluding hydrogens is 420 g/mol. The number of rotatable bonds is 9. The lowest BCUT2D eigenvalue weighted by atomic mass is 10.2. The van der Waals surface area contributed by atoms with Gasteiger partial charge < -0.3 is 14.8 Å². The fourth-order valence-electron chi connectivity index (χ4n) is 3.05. The lowest BCUT2D eigenvalue weighted by molar-refractivity contribution is 0.0951. The van der Waals surface area contributed by atoms with Gasteiger partial charge in [-0.25, -0.2) is 4.98 Å². The van der Waals surface area contributed by atoms with E-state index in [4.69, 9.17) is 9.47 Å². The third-order valence-electron chi connectivity index (χ3n) is 4.77. The maximum atomic E-state index is 12.5. The zero-order valence-corrected chi connectivity index (χ0v) is 18.6. The van der Waals surface area contributed by atoms with Gasteiger partial charge in [-0.2, -0.15) is 0 Å². The van der Waals surface area contributed by atoms with E-state index in [1.165, 1.54) is 0 Å². The van der Waals surface area contributed by atoms with Gasteiger partial charge in [-0.15, -0.1) is 11.3 Å². The Morgan fingerprint density at radius 3 is 2.16 bits per heavy atom. The van der Waals surface area contributed by atoms with Gasteiger partial charge in [-0.1, -0.05) is 42.5 Å². The summed E-state index contributed by atoms with van der Waals surface area (Å²) in [4.78, 5) is 16.8. The molecule has 0 aliphatic rings. The van der Waals surface area contributed by atoms with Crippen molar-refractivity contribution in [1.82, 2.24) is 10.3 Å². The van der Waals surface area contributed by atoms with Crippen molar-refractivity contribution < 1.29 is 14.3 Å². The average Bonchev–Trinajstić information content (AvgIpc) is 3.26. The van der Waals surface area contributed by atoms with Crippen LogP contribution in [-0.2, 0) is 19.8 Å². The Bertz CT molecular complexity index is 1140. The summed E-state index contributed by atoms with van der Waals surface area (Å²) in [7, 11) is 0. The number of amides is 1. The van der Waals surface area contributed by atoms with Crippen LogP contribution in [0.15, 0.2) is 84.2 Å². The number of aryl methyl sites for hydroxylation is 1. The minimum absolute atomic E-state index is 0.128. The largest absolute Gasteiger partial charge is 0.489 e. The van der Waals surface area contributed by atoms with Gasteiger partial charge in [0.05, 0.1) is 0 Å². The molecule has 1 aromatic heterocycles. The minimum Gasteiger partial charge on any atom is -0.489 e. The highest BCUT2D eigenvalue weighted by molar-refractivity contribution is 7.09. The topological polar surface area (TPSA) is 60.5 Å². The molecule has 0 saturated heterocycles. The van der Waals surface area contributed by atoms with E-state index >= 15 is 0 Å². The van der Waals surface area contributed by atoms with Gasteiger partial charge in [0.2, 0.25) is 0 Å². The molecular formula is C26H24N2O3S. The highest BCUT2D eigenvalue weighted by Crippen LogP contribution is 2.17. The molecule has 0 atom stereocenters. The summed E-state index contributed by atoms with van der Waals surface area (Å²) in [6.45, 7) is 3.36. The molecule has 6 heteroatoms. The maximum absolute atomic E-state index is 12.5. The zero-order chi connectivity index (χ0) is 22.2. The third kappa shape index (κ3) is 6.18. The Morgan fingerprint density at radius 1 is 0.844 bits per heavy atom.